The molecule has 0 aliphatic heterocycles. The van der Waals surface area contributed by atoms with Gasteiger partial charge in [-0.05, 0) is 12.1 Å². The van der Waals surface area contributed by atoms with E-state index in [0.717, 1.165) is 10.9 Å². The van der Waals surface area contributed by atoms with E-state index in [1.165, 1.54) is 0 Å². The van der Waals surface area contributed by atoms with E-state index < -0.39 is 0 Å². The molecule has 0 aliphatic carbocycles. The van der Waals surface area contributed by atoms with Gasteiger partial charge in [0, 0.05) is 11.5 Å². The quantitative estimate of drug-likeness (QED) is 0.620. The van der Waals surface area contributed by atoms with Crippen molar-refractivity contribution >= 4 is 16.7 Å². The van der Waals surface area contributed by atoms with Crippen LogP contribution in [0.4, 0.5) is 0 Å². The zero-order valence-electron chi connectivity index (χ0n) is 9.65. The number of nitrogen functional groups attached to an aromatic ring is 1. The van der Waals surface area contributed by atoms with Crippen LogP contribution in [0.1, 0.15) is 5.69 Å². The first-order valence-electron chi connectivity index (χ1n) is 5.03. The molecule has 1 aromatic carbocycles. The molecule has 0 unspecified atom stereocenters. The molecule has 3 N–H and O–H groups in total. The van der Waals surface area contributed by atoms with Gasteiger partial charge in [0.05, 0.1) is 19.7 Å². The lowest BCUT2D eigenvalue weighted by Gasteiger charge is -2.09. The number of nitrogens with zero attached hydrogens (tertiary/aromatic N) is 1. The van der Waals surface area contributed by atoms with Gasteiger partial charge in [-0.25, -0.2) is 4.98 Å². The first-order valence-corrected chi connectivity index (χ1v) is 5.03. The fourth-order valence-corrected chi connectivity index (χ4v) is 1.60. The Morgan fingerprint density at radius 3 is 2.41 bits per heavy atom. The van der Waals surface area contributed by atoms with Gasteiger partial charge in [0.25, 0.3) is 0 Å². The summed E-state index contributed by atoms with van der Waals surface area (Å²) >= 11 is 0. The van der Waals surface area contributed by atoms with Crippen molar-refractivity contribution in [1.82, 2.24) is 4.98 Å². The van der Waals surface area contributed by atoms with Crippen LogP contribution in [0, 0.1) is 5.41 Å². The van der Waals surface area contributed by atoms with Gasteiger partial charge in [0.2, 0.25) is 0 Å². The number of benzene rings is 1. The molecule has 0 atom stereocenters. The van der Waals surface area contributed by atoms with E-state index in [0.29, 0.717) is 17.2 Å². The first-order chi connectivity index (χ1) is 8.15. The lowest BCUT2D eigenvalue weighted by Crippen LogP contribution is -2.12. The van der Waals surface area contributed by atoms with E-state index in [1.54, 1.807) is 26.4 Å². The highest BCUT2D eigenvalue weighted by Crippen LogP contribution is 2.31. The average Bonchev–Trinajstić information content (AvgIpc) is 2.36. The number of nitrogens with one attached hydrogen (secondary N) is 1. The highest BCUT2D eigenvalue weighted by molar-refractivity contribution is 5.95. The van der Waals surface area contributed by atoms with Crippen LogP contribution in [-0.4, -0.2) is 25.0 Å². The maximum atomic E-state index is 7.35. The summed E-state index contributed by atoms with van der Waals surface area (Å²) in [4.78, 5) is 4.27. The highest BCUT2D eigenvalue weighted by Gasteiger charge is 2.08. The molecule has 0 spiro atoms. The molecule has 0 bridgehead atoms. The zero-order chi connectivity index (χ0) is 12.4. The number of aromatic nitrogens is 1. The van der Waals surface area contributed by atoms with Crippen molar-refractivity contribution in [2.45, 2.75) is 0 Å². The number of rotatable bonds is 3. The molecule has 5 nitrogen and oxygen atoms in total. The van der Waals surface area contributed by atoms with E-state index in [2.05, 4.69) is 4.98 Å². The van der Waals surface area contributed by atoms with Crippen molar-refractivity contribution in [3.05, 3.63) is 30.0 Å². The fourth-order valence-electron chi connectivity index (χ4n) is 1.60. The summed E-state index contributed by atoms with van der Waals surface area (Å²) in [6, 6.07) is 7.16. The van der Waals surface area contributed by atoms with Gasteiger partial charge in [-0.15, -0.1) is 0 Å². The summed E-state index contributed by atoms with van der Waals surface area (Å²) < 4.78 is 10.4. The number of ether oxygens (including phenoxy) is 2. The molecule has 0 saturated heterocycles. The minimum Gasteiger partial charge on any atom is -0.493 e. The number of fused-ring (bicyclic) bond motifs is 1. The SMILES string of the molecule is COc1cc2ccc(C(=N)N)nc2cc1OC. The normalized spacial score (nSPS) is 10.2. The Labute approximate surface area is 98.7 Å². The summed E-state index contributed by atoms with van der Waals surface area (Å²) in [6.45, 7) is 0. The minimum absolute atomic E-state index is 0.0540. The average molecular weight is 231 g/mol. The number of amidine groups is 1. The van der Waals surface area contributed by atoms with Crippen LogP contribution in [0.2, 0.25) is 0 Å². The van der Waals surface area contributed by atoms with Gasteiger partial charge in [-0.1, -0.05) is 6.07 Å². The van der Waals surface area contributed by atoms with E-state index >= 15 is 0 Å². The molecule has 0 saturated carbocycles. The fraction of sp³-hybridized carbons (Fsp3) is 0.167. The largest absolute Gasteiger partial charge is 0.493 e. The summed E-state index contributed by atoms with van der Waals surface area (Å²) in [5.74, 6) is 1.20. The van der Waals surface area contributed by atoms with Crippen LogP contribution in [0.5, 0.6) is 11.5 Å². The number of pyridine rings is 1. The van der Waals surface area contributed by atoms with Crippen molar-refractivity contribution < 1.29 is 9.47 Å². The van der Waals surface area contributed by atoms with Crippen LogP contribution < -0.4 is 15.2 Å². The third-order valence-corrected chi connectivity index (χ3v) is 2.47. The lowest BCUT2D eigenvalue weighted by atomic mass is 10.1. The Morgan fingerprint density at radius 1 is 1.18 bits per heavy atom. The van der Waals surface area contributed by atoms with Gasteiger partial charge in [0.1, 0.15) is 11.5 Å². The molecule has 88 valence electrons. The summed E-state index contributed by atoms with van der Waals surface area (Å²) in [5.41, 5.74) is 6.56. The third kappa shape index (κ3) is 1.99. The number of hydrogen-bond donors (Lipinski definition) is 2. The van der Waals surface area contributed by atoms with Gasteiger partial charge in [-0.2, -0.15) is 0 Å². The third-order valence-electron chi connectivity index (χ3n) is 2.47. The molecule has 1 heterocycles. The van der Waals surface area contributed by atoms with E-state index in [4.69, 9.17) is 20.6 Å². The molecule has 5 heteroatoms. The molecule has 0 amide bonds. The molecular formula is C12H13N3O2. The number of methoxy groups -OCH3 is 2. The summed E-state index contributed by atoms with van der Waals surface area (Å²) in [7, 11) is 3.15. The van der Waals surface area contributed by atoms with Crippen LogP contribution in [0.15, 0.2) is 24.3 Å². The number of hydrogen-bond acceptors (Lipinski definition) is 4. The first kappa shape index (κ1) is 11.2. The van der Waals surface area contributed by atoms with Gasteiger partial charge < -0.3 is 15.2 Å². The molecule has 17 heavy (non-hydrogen) atoms. The highest BCUT2D eigenvalue weighted by atomic mass is 16.5. The van der Waals surface area contributed by atoms with E-state index in [-0.39, 0.29) is 5.84 Å². The van der Waals surface area contributed by atoms with Gasteiger partial charge in [0.15, 0.2) is 11.5 Å². The van der Waals surface area contributed by atoms with Crippen molar-refractivity contribution in [3.8, 4) is 11.5 Å². The molecular weight excluding hydrogens is 218 g/mol. The van der Waals surface area contributed by atoms with Crippen molar-refractivity contribution in [2.24, 2.45) is 5.73 Å². The molecule has 1 aromatic heterocycles. The van der Waals surface area contributed by atoms with Crippen LogP contribution >= 0.6 is 0 Å². The molecule has 0 radical (unpaired) electrons. The maximum absolute atomic E-state index is 7.35. The Hall–Kier alpha value is -2.30. The molecule has 0 aliphatic rings. The number of nitrogens with two attached hydrogens (primary N) is 1. The van der Waals surface area contributed by atoms with E-state index in [9.17, 15) is 0 Å². The Kier molecular flexibility index (Phi) is 2.82. The summed E-state index contributed by atoms with van der Waals surface area (Å²) in [6.07, 6.45) is 0. The van der Waals surface area contributed by atoms with Gasteiger partial charge in [-0.3, -0.25) is 5.41 Å². The molecule has 2 aromatic rings. The Balaban J connectivity index is 2.66. The van der Waals surface area contributed by atoms with Crippen molar-refractivity contribution in [1.29, 1.82) is 5.41 Å². The van der Waals surface area contributed by atoms with Crippen LogP contribution in [0.25, 0.3) is 10.9 Å². The van der Waals surface area contributed by atoms with Crippen LogP contribution in [0.3, 0.4) is 0 Å². The molecule has 0 fully saturated rings. The monoisotopic (exact) mass is 231 g/mol. The topological polar surface area (TPSA) is 81.2 Å². The summed E-state index contributed by atoms with van der Waals surface area (Å²) in [5, 5.41) is 8.26. The smallest absolute Gasteiger partial charge is 0.162 e. The van der Waals surface area contributed by atoms with Gasteiger partial charge >= 0.3 is 0 Å². The Bertz CT molecular complexity index is 581. The maximum Gasteiger partial charge on any atom is 0.162 e. The predicted octanol–water partition coefficient (Wildman–Crippen LogP) is 1.54. The standard InChI is InChI=1S/C12H13N3O2/c1-16-10-5-7-3-4-8(12(13)14)15-9(7)6-11(10)17-2/h3-6H,1-2H3,(H3,13,14). The van der Waals surface area contributed by atoms with E-state index in [1.807, 2.05) is 12.1 Å². The second-order valence-electron chi connectivity index (χ2n) is 3.51. The predicted molar refractivity (Wildman–Crippen MR) is 65.9 cm³/mol. The van der Waals surface area contributed by atoms with Crippen molar-refractivity contribution in [2.75, 3.05) is 14.2 Å². The minimum atomic E-state index is -0.0540. The second-order valence-corrected chi connectivity index (χ2v) is 3.51. The molecule has 2 rings (SSSR count). The van der Waals surface area contributed by atoms with Crippen LogP contribution in [-0.2, 0) is 0 Å². The lowest BCUT2D eigenvalue weighted by molar-refractivity contribution is 0.356. The zero-order valence-corrected chi connectivity index (χ0v) is 9.65. The van der Waals surface area contributed by atoms with Crippen molar-refractivity contribution in [3.63, 3.8) is 0 Å². The second kappa shape index (κ2) is 4.29. The Morgan fingerprint density at radius 2 is 1.82 bits per heavy atom.